The van der Waals surface area contributed by atoms with E-state index in [1.54, 1.807) is 81.8 Å². The van der Waals surface area contributed by atoms with Crippen molar-refractivity contribution in [1.82, 2.24) is 19.7 Å². The van der Waals surface area contributed by atoms with Crippen LogP contribution in [-0.4, -0.2) is 59.1 Å². The Balaban J connectivity index is 0.000000174. The van der Waals surface area contributed by atoms with Gasteiger partial charge in [-0.2, -0.15) is 5.10 Å². The lowest BCUT2D eigenvalue weighted by Gasteiger charge is -2.13. The zero-order valence-corrected chi connectivity index (χ0v) is 37.6. The van der Waals surface area contributed by atoms with Gasteiger partial charge in [0.2, 0.25) is 0 Å². The number of carbonyl (C=O) groups is 1. The van der Waals surface area contributed by atoms with Gasteiger partial charge in [-0.25, -0.2) is 14.6 Å². The predicted octanol–water partition coefficient (Wildman–Crippen LogP) is 12.4. The minimum absolute atomic E-state index is 0.0407. The molecule has 0 bridgehead atoms. The van der Waals surface area contributed by atoms with Gasteiger partial charge in [-0.3, -0.25) is 9.36 Å². The highest BCUT2D eigenvalue weighted by Crippen LogP contribution is 2.61. The average molecular weight is 954 g/mol. The van der Waals surface area contributed by atoms with Gasteiger partial charge in [0.25, 0.3) is 0 Å². The summed E-state index contributed by atoms with van der Waals surface area (Å²) in [5.74, 6) is 3.64. The molecule has 1 aliphatic rings. The van der Waals surface area contributed by atoms with Gasteiger partial charge in [0, 0.05) is 71.2 Å². The van der Waals surface area contributed by atoms with Crippen molar-refractivity contribution < 1.29 is 33.4 Å². The standard InChI is InChI=1S/C13H10ClN3O.C11H10O3.C10H7Cl2NO.C7H9NO.Cl3OP/c1-18-9-3-4-10-11(14)8-13(16-12(10)7-9)17-6-2-5-15-17;1-14-9-2-3-10-7(5-9)4-8(12)6-11(10)13;1-14-6-2-3-7-8(11)5-10(12)13-9(7)4-6;1-9-7-4-2-3-6(8)5-7;1-5(2,3)4/h2-8H,1H3;2-3,5-6,13H,4H2,1H3;2-5H,1H3;2-5H,8H2,1H3;. The number of aromatic nitrogens is 4. The van der Waals surface area contributed by atoms with Gasteiger partial charge in [0.15, 0.2) is 11.6 Å². The number of nitrogens with two attached hydrogens (primary N) is 1. The lowest BCUT2D eigenvalue weighted by molar-refractivity contribution is -0.114. The maximum Gasteiger partial charge on any atom is 0.339 e. The molecule has 0 unspecified atom stereocenters. The lowest BCUT2D eigenvalue weighted by atomic mass is 9.95. The van der Waals surface area contributed by atoms with E-state index in [1.807, 2.05) is 60.8 Å². The Morgan fingerprint density at radius 1 is 0.700 bits per heavy atom. The second-order valence-electron chi connectivity index (χ2n) is 12.0. The first-order valence-corrected chi connectivity index (χ1v) is 22.7. The van der Waals surface area contributed by atoms with Crippen molar-refractivity contribution in [3.8, 4) is 28.8 Å². The number of fused-ring (bicyclic) bond motifs is 3. The van der Waals surface area contributed by atoms with Crippen LogP contribution in [0.1, 0.15) is 11.1 Å². The molecule has 314 valence electrons. The number of methoxy groups -OCH3 is 4. The highest BCUT2D eigenvalue weighted by molar-refractivity contribution is 8.24. The van der Waals surface area contributed by atoms with E-state index >= 15 is 0 Å². The molecule has 0 atom stereocenters. The quantitative estimate of drug-likeness (QED) is 0.0960. The Morgan fingerprint density at radius 2 is 1.23 bits per heavy atom. The van der Waals surface area contributed by atoms with E-state index in [1.165, 1.54) is 6.08 Å². The van der Waals surface area contributed by atoms with Crippen molar-refractivity contribution in [1.29, 1.82) is 0 Å². The molecular weight excluding hydrogens is 918 g/mol. The van der Waals surface area contributed by atoms with Crippen molar-refractivity contribution in [3.63, 3.8) is 0 Å². The second-order valence-corrected chi connectivity index (χ2v) is 19.8. The fraction of sp³-hybridized carbons (Fsp3) is 0.122. The smallest absolute Gasteiger partial charge is 0.339 e. The zero-order chi connectivity index (χ0) is 44.0. The fourth-order valence-electron chi connectivity index (χ4n) is 5.27. The summed E-state index contributed by atoms with van der Waals surface area (Å²) >= 11 is 31.9. The largest absolute Gasteiger partial charge is 0.507 e. The molecule has 0 saturated carbocycles. The molecular formula is C41H36Cl6N5O7P. The monoisotopic (exact) mass is 951 g/mol. The number of ketones is 1. The van der Waals surface area contributed by atoms with Crippen molar-refractivity contribution in [2.45, 2.75) is 6.42 Å². The number of nitrogens with zero attached hydrogens (tertiary/aromatic N) is 4. The molecule has 0 aliphatic heterocycles. The third-order valence-corrected chi connectivity index (χ3v) is 8.79. The molecule has 19 heteroatoms. The molecule has 0 fully saturated rings. The molecule has 3 N–H and O–H groups in total. The highest BCUT2D eigenvalue weighted by Gasteiger charge is 2.17. The van der Waals surface area contributed by atoms with Gasteiger partial charge in [0.05, 0.1) is 49.5 Å². The van der Waals surface area contributed by atoms with Crippen LogP contribution in [0.5, 0.6) is 23.0 Å². The number of hydrogen-bond acceptors (Lipinski definition) is 11. The average Bonchev–Trinajstić information content (AvgIpc) is 3.76. The van der Waals surface area contributed by atoms with E-state index in [0.29, 0.717) is 38.8 Å². The Morgan fingerprint density at radius 3 is 1.77 bits per heavy atom. The maximum atomic E-state index is 11.2. The van der Waals surface area contributed by atoms with Crippen LogP contribution in [-0.2, 0) is 15.8 Å². The molecule has 3 aromatic heterocycles. The maximum absolute atomic E-state index is 11.2. The summed E-state index contributed by atoms with van der Waals surface area (Å²) in [6.45, 7) is 0. The van der Waals surface area contributed by atoms with Crippen LogP contribution in [0.15, 0.2) is 116 Å². The lowest BCUT2D eigenvalue weighted by Crippen LogP contribution is -2.09. The van der Waals surface area contributed by atoms with Crippen LogP contribution in [0.4, 0.5) is 5.69 Å². The number of hydrogen-bond donors (Lipinski definition) is 2. The van der Waals surface area contributed by atoms with E-state index in [2.05, 4.69) is 48.8 Å². The third kappa shape index (κ3) is 14.7. The van der Waals surface area contributed by atoms with Crippen molar-refractivity contribution >= 4 is 113 Å². The van der Waals surface area contributed by atoms with Gasteiger partial charge < -0.3 is 29.8 Å². The molecule has 7 aromatic rings. The molecule has 3 heterocycles. The summed E-state index contributed by atoms with van der Waals surface area (Å²) in [7, 11) is 6.42. The summed E-state index contributed by atoms with van der Waals surface area (Å²) in [4.78, 5) is 19.8. The van der Waals surface area contributed by atoms with E-state index < -0.39 is 5.20 Å². The number of aliphatic hydroxyl groups is 1. The van der Waals surface area contributed by atoms with Crippen LogP contribution in [0.2, 0.25) is 15.2 Å². The second kappa shape index (κ2) is 22.6. The third-order valence-electron chi connectivity index (χ3n) is 7.97. The van der Waals surface area contributed by atoms with Crippen LogP contribution >= 0.6 is 73.7 Å². The SMILES string of the molecule is COc1ccc2c(Cl)cc(-n3cccn3)nc2c1.COc1ccc2c(Cl)cc(Cl)nc2c1.COc1ccc2c(c1)CC(=O)C=C2O.COc1cccc(N)c1.O=P(Cl)(Cl)Cl. The summed E-state index contributed by atoms with van der Waals surface area (Å²) in [6, 6.07) is 29.0. The first-order valence-electron chi connectivity index (χ1n) is 17.1. The molecule has 60 heavy (non-hydrogen) atoms. The van der Waals surface area contributed by atoms with Crippen LogP contribution < -0.4 is 24.7 Å². The number of aliphatic hydroxyl groups excluding tert-OH is 1. The van der Waals surface area contributed by atoms with Crippen molar-refractivity contribution in [2.24, 2.45) is 0 Å². The fourth-order valence-corrected chi connectivity index (χ4v) is 6.04. The number of allylic oxidation sites excluding steroid dienone is 1. The van der Waals surface area contributed by atoms with E-state index in [0.717, 1.165) is 50.3 Å². The number of pyridine rings is 2. The summed E-state index contributed by atoms with van der Waals surface area (Å²) in [5.41, 5.74) is 9.24. The number of ether oxygens (including phenoxy) is 4. The summed E-state index contributed by atoms with van der Waals surface area (Å²) in [5, 5.41) is 13.8. The van der Waals surface area contributed by atoms with Gasteiger partial charge in [-0.05, 0) is 106 Å². The number of carbonyl (C=O) groups excluding carboxylic acids is 1. The zero-order valence-electron chi connectivity index (χ0n) is 32.2. The molecule has 12 nitrogen and oxygen atoms in total. The van der Waals surface area contributed by atoms with E-state index in [-0.39, 0.29) is 11.5 Å². The number of rotatable bonds is 5. The normalized spacial score (nSPS) is 11.4. The summed E-state index contributed by atoms with van der Waals surface area (Å²) in [6.07, 6.45) is 5.11. The molecule has 0 saturated heterocycles. The van der Waals surface area contributed by atoms with E-state index in [9.17, 15) is 14.5 Å². The first kappa shape index (κ1) is 47.8. The molecule has 8 rings (SSSR count). The Hall–Kier alpha value is -4.91. The Bertz CT molecular complexity index is 2640. The minimum Gasteiger partial charge on any atom is -0.507 e. The number of nitrogen functional groups attached to an aromatic ring is 1. The molecule has 0 spiro atoms. The van der Waals surface area contributed by atoms with E-state index in [4.69, 9.17) is 59.5 Å². The predicted molar refractivity (Wildman–Crippen MR) is 244 cm³/mol. The minimum atomic E-state index is -3.22. The Kier molecular flexibility index (Phi) is 18.0. The van der Waals surface area contributed by atoms with Crippen LogP contribution in [0.25, 0.3) is 33.4 Å². The van der Waals surface area contributed by atoms with Crippen LogP contribution in [0.3, 0.4) is 0 Å². The molecule has 1 aliphatic carbocycles. The van der Waals surface area contributed by atoms with Crippen molar-refractivity contribution in [2.75, 3.05) is 34.2 Å². The summed E-state index contributed by atoms with van der Waals surface area (Å²) < 4.78 is 31.4. The number of anilines is 1. The highest BCUT2D eigenvalue weighted by atomic mass is 36.0. The topological polar surface area (TPSA) is 161 Å². The molecule has 0 amide bonds. The van der Waals surface area contributed by atoms with Gasteiger partial charge >= 0.3 is 5.20 Å². The molecule has 0 radical (unpaired) electrons. The molecule has 4 aromatic carbocycles. The van der Waals surface area contributed by atoms with Gasteiger partial charge in [0.1, 0.15) is 33.9 Å². The number of halogens is 6. The number of benzene rings is 4. The first-order chi connectivity index (χ1) is 28.5. The van der Waals surface area contributed by atoms with Crippen LogP contribution in [0, 0.1) is 0 Å². The van der Waals surface area contributed by atoms with Gasteiger partial charge in [-0.1, -0.05) is 40.9 Å². The van der Waals surface area contributed by atoms with Crippen molar-refractivity contribution in [3.05, 3.63) is 142 Å². The van der Waals surface area contributed by atoms with Gasteiger partial charge in [-0.15, -0.1) is 0 Å². The Labute approximate surface area is 375 Å².